The highest BCUT2D eigenvalue weighted by Crippen LogP contribution is 2.24. The van der Waals surface area contributed by atoms with Crippen molar-refractivity contribution in [2.75, 3.05) is 16.8 Å². The first-order valence-corrected chi connectivity index (χ1v) is 7.86. The maximum atomic E-state index is 11.5. The van der Waals surface area contributed by atoms with Gasteiger partial charge in [0.15, 0.2) is 9.84 Å². The fraction of sp³-hybridized carbons (Fsp3) is 0.308. The molecule has 6 heteroatoms. The molecule has 3 rings (SSSR count). The Hall–Kier alpha value is -1.66. The first-order valence-electron chi connectivity index (χ1n) is 6.04. The van der Waals surface area contributed by atoms with E-state index in [0.717, 1.165) is 16.6 Å². The lowest BCUT2D eigenvalue weighted by Crippen LogP contribution is -2.31. The summed E-state index contributed by atoms with van der Waals surface area (Å²) in [5.41, 5.74) is 1.53. The van der Waals surface area contributed by atoms with Gasteiger partial charge in [-0.1, -0.05) is 18.2 Å². The van der Waals surface area contributed by atoms with Crippen molar-refractivity contribution in [3.8, 4) is 0 Å². The second kappa shape index (κ2) is 4.47. The second-order valence-electron chi connectivity index (χ2n) is 4.78. The highest BCUT2D eigenvalue weighted by atomic mass is 32.2. The van der Waals surface area contributed by atoms with E-state index in [2.05, 4.69) is 10.3 Å². The van der Waals surface area contributed by atoms with Crippen molar-refractivity contribution in [2.45, 2.75) is 12.1 Å². The fourth-order valence-corrected chi connectivity index (χ4v) is 4.13. The SMILES string of the molecule is O=S1(=O)C[C@H](Nc2cccc3cccnc23)[C@@H](O)C1. The third-order valence-electron chi connectivity index (χ3n) is 3.30. The molecule has 0 unspecified atom stereocenters. The lowest BCUT2D eigenvalue weighted by atomic mass is 10.1. The van der Waals surface area contributed by atoms with Crippen molar-refractivity contribution in [1.29, 1.82) is 0 Å². The Morgan fingerprint density at radius 2 is 2.00 bits per heavy atom. The molecule has 1 aromatic heterocycles. The van der Waals surface area contributed by atoms with E-state index in [0.29, 0.717) is 0 Å². The molecule has 1 aliphatic rings. The molecule has 1 saturated heterocycles. The number of aromatic nitrogens is 1. The molecule has 0 spiro atoms. The lowest BCUT2D eigenvalue weighted by molar-refractivity contribution is 0.190. The lowest BCUT2D eigenvalue weighted by Gasteiger charge is -2.17. The predicted octanol–water partition coefficient (Wildman–Crippen LogP) is 0.805. The standard InChI is InChI=1S/C13H14N2O3S/c16-12-8-19(17,18)7-11(12)15-10-5-1-3-9-4-2-6-14-13(9)10/h1-6,11-12,15-16H,7-8H2/t11-,12-/m0/s1. The van der Waals surface area contributed by atoms with Gasteiger partial charge >= 0.3 is 0 Å². The molecule has 100 valence electrons. The molecule has 0 saturated carbocycles. The highest BCUT2D eigenvalue weighted by Gasteiger charge is 2.36. The molecule has 1 aliphatic heterocycles. The summed E-state index contributed by atoms with van der Waals surface area (Å²) in [7, 11) is -3.15. The van der Waals surface area contributed by atoms with Crippen LogP contribution in [0.15, 0.2) is 36.5 Å². The van der Waals surface area contributed by atoms with Gasteiger partial charge in [-0.15, -0.1) is 0 Å². The van der Waals surface area contributed by atoms with Crippen LogP contribution in [-0.4, -0.2) is 42.2 Å². The molecule has 2 atom stereocenters. The maximum absolute atomic E-state index is 11.5. The summed E-state index contributed by atoms with van der Waals surface area (Å²) in [5.74, 6) is -0.222. The number of para-hydroxylation sites is 1. The van der Waals surface area contributed by atoms with Crippen LogP contribution in [0.25, 0.3) is 10.9 Å². The minimum absolute atomic E-state index is 0.0443. The molecule has 5 nitrogen and oxygen atoms in total. The number of anilines is 1. The monoisotopic (exact) mass is 278 g/mol. The molecule has 19 heavy (non-hydrogen) atoms. The number of benzene rings is 1. The number of hydrogen-bond acceptors (Lipinski definition) is 5. The fourth-order valence-electron chi connectivity index (χ4n) is 2.39. The van der Waals surface area contributed by atoms with E-state index in [1.165, 1.54) is 0 Å². The van der Waals surface area contributed by atoms with E-state index in [4.69, 9.17) is 0 Å². The van der Waals surface area contributed by atoms with E-state index in [1.54, 1.807) is 6.20 Å². The molecule has 2 aromatic rings. The number of pyridine rings is 1. The van der Waals surface area contributed by atoms with Crippen LogP contribution in [0.3, 0.4) is 0 Å². The van der Waals surface area contributed by atoms with Gasteiger partial charge in [-0.3, -0.25) is 4.98 Å². The van der Waals surface area contributed by atoms with Crippen molar-refractivity contribution in [2.24, 2.45) is 0 Å². The molecular weight excluding hydrogens is 264 g/mol. The van der Waals surface area contributed by atoms with E-state index in [-0.39, 0.29) is 11.5 Å². The van der Waals surface area contributed by atoms with Crippen molar-refractivity contribution in [1.82, 2.24) is 4.98 Å². The zero-order valence-corrected chi connectivity index (χ0v) is 11.0. The summed E-state index contributed by atoms with van der Waals surface area (Å²) < 4.78 is 23.0. The van der Waals surface area contributed by atoms with Crippen LogP contribution in [0.5, 0.6) is 0 Å². The Morgan fingerprint density at radius 3 is 2.74 bits per heavy atom. The van der Waals surface area contributed by atoms with Crippen molar-refractivity contribution < 1.29 is 13.5 Å². The average Bonchev–Trinajstić information content (AvgIpc) is 2.63. The summed E-state index contributed by atoms with van der Waals surface area (Å²) in [6.07, 6.45) is 0.818. The zero-order valence-electron chi connectivity index (χ0n) is 10.2. The quantitative estimate of drug-likeness (QED) is 0.849. The summed E-state index contributed by atoms with van der Waals surface area (Å²) >= 11 is 0. The number of nitrogens with zero attached hydrogens (tertiary/aromatic N) is 1. The van der Waals surface area contributed by atoms with Gasteiger partial charge in [-0.25, -0.2) is 8.42 Å². The first kappa shape index (κ1) is 12.4. The van der Waals surface area contributed by atoms with Gasteiger partial charge in [0.05, 0.1) is 34.9 Å². The average molecular weight is 278 g/mol. The van der Waals surface area contributed by atoms with Gasteiger partial charge in [0.1, 0.15) is 0 Å². The van der Waals surface area contributed by atoms with Crippen LogP contribution in [-0.2, 0) is 9.84 Å². The summed E-state index contributed by atoms with van der Waals surface area (Å²) in [6, 6.07) is 8.97. The minimum atomic E-state index is -3.15. The van der Waals surface area contributed by atoms with Gasteiger partial charge in [0.25, 0.3) is 0 Å². The van der Waals surface area contributed by atoms with Crippen LogP contribution in [0, 0.1) is 0 Å². The topological polar surface area (TPSA) is 79.3 Å². The van der Waals surface area contributed by atoms with Gasteiger partial charge in [0, 0.05) is 11.6 Å². The first-order chi connectivity index (χ1) is 9.05. The summed E-state index contributed by atoms with van der Waals surface area (Å²) in [4.78, 5) is 4.29. The molecule has 0 amide bonds. The van der Waals surface area contributed by atoms with Crippen molar-refractivity contribution >= 4 is 26.4 Å². The third kappa shape index (κ3) is 2.41. The largest absolute Gasteiger partial charge is 0.390 e. The predicted molar refractivity (Wildman–Crippen MR) is 73.8 cm³/mol. The Kier molecular flexibility index (Phi) is 2.91. The Bertz CT molecular complexity index is 709. The summed E-state index contributed by atoms with van der Waals surface area (Å²) in [5, 5.41) is 13.9. The second-order valence-corrected chi connectivity index (χ2v) is 6.93. The van der Waals surface area contributed by atoms with Gasteiger partial charge in [-0.2, -0.15) is 0 Å². The number of sulfone groups is 1. The molecule has 0 radical (unpaired) electrons. The van der Waals surface area contributed by atoms with E-state index >= 15 is 0 Å². The number of rotatable bonds is 2. The van der Waals surface area contributed by atoms with Crippen LogP contribution >= 0.6 is 0 Å². The number of aliphatic hydroxyl groups is 1. The minimum Gasteiger partial charge on any atom is -0.390 e. The summed E-state index contributed by atoms with van der Waals surface area (Å²) in [6.45, 7) is 0. The molecular formula is C13H14N2O3S. The van der Waals surface area contributed by atoms with Gasteiger partial charge < -0.3 is 10.4 Å². The highest BCUT2D eigenvalue weighted by molar-refractivity contribution is 7.91. The number of hydrogen-bond donors (Lipinski definition) is 2. The van der Waals surface area contributed by atoms with Crippen LogP contribution in [0.1, 0.15) is 0 Å². The van der Waals surface area contributed by atoms with Crippen LogP contribution in [0.2, 0.25) is 0 Å². The third-order valence-corrected chi connectivity index (χ3v) is 5.01. The van der Waals surface area contributed by atoms with Crippen LogP contribution in [0.4, 0.5) is 5.69 Å². The normalized spacial score (nSPS) is 25.5. The Morgan fingerprint density at radius 1 is 1.21 bits per heavy atom. The molecule has 1 aromatic carbocycles. The van der Waals surface area contributed by atoms with Gasteiger partial charge in [0.2, 0.25) is 0 Å². The molecule has 0 bridgehead atoms. The molecule has 1 fully saturated rings. The van der Waals surface area contributed by atoms with Crippen molar-refractivity contribution in [3.05, 3.63) is 36.5 Å². The van der Waals surface area contributed by atoms with E-state index < -0.39 is 22.0 Å². The number of aliphatic hydroxyl groups excluding tert-OH is 1. The van der Waals surface area contributed by atoms with E-state index in [1.807, 2.05) is 30.3 Å². The molecule has 2 N–H and O–H groups in total. The number of fused-ring (bicyclic) bond motifs is 1. The molecule has 2 heterocycles. The zero-order chi connectivity index (χ0) is 13.5. The van der Waals surface area contributed by atoms with Crippen molar-refractivity contribution in [3.63, 3.8) is 0 Å². The van der Waals surface area contributed by atoms with Gasteiger partial charge in [-0.05, 0) is 12.1 Å². The van der Waals surface area contributed by atoms with Crippen LogP contribution < -0.4 is 5.32 Å². The molecule has 0 aliphatic carbocycles. The Balaban J connectivity index is 1.94. The smallest absolute Gasteiger partial charge is 0.155 e. The number of nitrogens with one attached hydrogen (secondary N) is 1. The maximum Gasteiger partial charge on any atom is 0.155 e. The van der Waals surface area contributed by atoms with E-state index in [9.17, 15) is 13.5 Å². The Labute approximate surface area is 111 Å².